The van der Waals surface area contributed by atoms with Crippen LogP contribution < -0.4 is 5.32 Å². The molecular weight excluding hydrogens is 192 g/mol. The maximum absolute atomic E-state index is 11.7. The Labute approximate surface area is 91.6 Å². The van der Waals surface area contributed by atoms with Gasteiger partial charge in [-0.05, 0) is 33.1 Å². The molecule has 4 heteroatoms. The molecule has 0 radical (unpaired) electrons. The van der Waals surface area contributed by atoms with E-state index in [2.05, 4.69) is 5.32 Å². The van der Waals surface area contributed by atoms with Gasteiger partial charge in [-0.25, -0.2) is 0 Å². The lowest BCUT2D eigenvalue weighted by atomic mass is 9.77. The molecule has 0 aliphatic heterocycles. The highest BCUT2D eigenvalue weighted by atomic mass is 16.3. The molecule has 0 aromatic heterocycles. The standard InChI is InChI=1S/C11H22N2O2/c1-3-13(4-2)10(15)8-12-11(9-14)6-5-7-11/h12,14H,3-9H2,1-2H3. The van der Waals surface area contributed by atoms with E-state index in [1.807, 2.05) is 13.8 Å². The molecule has 1 fully saturated rings. The highest BCUT2D eigenvalue weighted by Crippen LogP contribution is 2.30. The Hall–Kier alpha value is -0.610. The summed E-state index contributed by atoms with van der Waals surface area (Å²) >= 11 is 0. The Morgan fingerprint density at radius 3 is 2.33 bits per heavy atom. The fourth-order valence-electron chi connectivity index (χ4n) is 1.95. The predicted molar refractivity (Wildman–Crippen MR) is 59.6 cm³/mol. The third-order valence-corrected chi connectivity index (χ3v) is 3.34. The lowest BCUT2D eigenvalue weighted by Crippen LogP contribution is -2.56. The highest BCUT2D eigenvalue weighted by Gasteiger charge is 2.36. The van der Waals surface area contributed by atoms with Crippen LogP contribution in [0.1, 0.15) is 33.1 Å². The fourth-order valence-corrected chi connectivity index (χ4v) is 1.95. The van der Waals surface area contributed by atoms with Crippen molar-refractivity contribution in [1.29, 1.82) is 0 Å². The van der Waals surface area contributed by atoms with Crippen LogP contribution in [0.5, 0.6) is 0 Å². The van der Waals surface area contributed by atoms with E-state index in [9.17, 15) is 9.90 Å². The van der Waals surface area contributed by atoms with E-state index in [1.165, 1.54) is 0 Å². The third kappa shape index (κ3) is 2.92. The summed E-state index contributed by atoms with van der Waals surface area (Å²) in [5.74, 6) is 0.125. The van der Waals surface area contributed by atoms with Crippen molar-refractivity contribution in [2.75, 3.05) is 26.2 Å². The SMILES string of the molecule is CCN(CC)C(=O)CNC1(CO)CCC1. The second kappa shape index (κ2) is 5.47. The zero-order valence-electron chi connectivity index (χ0n) is 9.75. The Kier molecular flexibility index (Phi) is 4.54. The first-order valence-corrected chi connectivity index (χ1v) is 5.81. The first kappa shape index (κ1) is 12.5. The molecule has 0 spiro atoms. The molecule has 1 aliphatic rings. The number of carbonyl (C=O) groups excluding carboxylic acids is 1. The molecule has 1 amide bonds. The van der Waals surface area contributed by atoms with Gasteiger partial charge in [-0.3, -0.25) is 4.79 Å². The molecule has 4 nitrogen and oxygen atoms in total. The Balaban J connectivity index is 2.32. The van der Waals surface area contributed by atoms with Crippen LogP contribution in [0.3, 0.4) is 0 Å². The molecule has 0 unspecified atom stereocenters. The van der Waals surface area contributed by atoms with Crippen molar-refractivity contribution in [3.63, 3.8) is 0 Å². The van der Waals surface area contributed by atoms with Crippen LogP contribution in [0.4, 0.5) is 0 Å². The number of rotatable bonds is 6. The molecule has 0 saturated heterocycles. The van der Waals surface area contributed by atoms with Crippen LogP contribution in [0, 0.1) is 0 Å². The minimum Gasteiger partial charge on any atom is -0.394 e. The minimum atomic E-state index is -0.164. The number of hydrogen-bond donors (Lipinski definition) is 2. The summed E-state index contributed by atoms with van der Waals surface area (Å²) in [6.07, 6.45) is 3.11. The summed E-state index contributed by atoms with van der Waals surface area (Å²) in [5, 5.41) is 12.4. The van der Waals surface area contributed by atoms with E-state index in [0.717, 1.165) is 32.4 Å². The van der Waals surface area contributed by atoms with Crippen molar-refractivity contribution < 1.29 is 9.90 Å². The zero-order valence-corrected chi connectivity index (χ0v) is 9.75. The molecule has 0 aromatic rings. The van der Waals surface area contributed by atoms with Crippen molar-refractivity contribution in [2.24, 2.45) is 0 Å². The average molecular weight is 214 g/mol. The quantitative estimate of drug-likeness (QED) is 0.671. The summed E-state index contributed by atoms with van der Waals surface area (Å²) in [6.45, 7) is 5.95. The molecule has 15 heavy (non-hydrogen) atoms. The normalized spacial score (nSPS) is 18.3. The number of nitrogens with zero attached hydrogens (tertiary/aromatic N) is 1. The summed E-state index contributed by atoms with van der Waals surface area (Å²) in [5.41, 5.74) is -0.164. The van der Waals surface area contributed by atoms with Crippen molar-refractivity contribution in [3.05, 3.63) is 0 Å². The smallest absolute Gasteiger partial charge is 0.236 e. The van der Waals surface area contributed by atoms with Gasteiger partial charge < -0.3 is 15.3 Å². The number of aliphatic hydroxyl groups excluding tert-OH is 1. The van der Waals surface area contributed by atoms with E-state index < -0.39 is 0 Å². The van der Waals surface area contributed by atoms with E-state index in [1.54, 1.807) is 4.90 Å². The van der Waals surface area contributed by atoms with Gasteiger partial charge in [0.1, 0.15) is 0 Å². The molecule has 88 valence electrons. The maximum atomic E-state index is 11.7. The lowest BCUT2D eigenvalue weighted by molar-refractivity contribution is -0.130. The number of hydrogen-bond acceptors (Lipinski definition) is 3. The monoisotopic (exact) mass is 214 g/mol. The first-order chi connectivity index (χ1) is 7.17. The summed E-state index contributed by atoms with van der Waals surface area (Å²) < 4.78 is 0. The van der Waals surface area contributed by atoms with E-state index >= 15 is 0 Å². The van der Waals surface area contributed by atoms with Gasteiger partial charge in [0.2, 0.25) is 5.91 Å². The molecule has 0 atom stereocenters. The molecule has 1 saturated carbocycles. The minimum absolute atomic E-state index is 0.125. The van der Waals surface area contributed by atoms with Crippen LogP contribution in [0.15, 0.2) is 0 Å². The molecule has 0 aromatic carbocycles. The second-order valence-corrected chi connectivity index (χ2v) is 4.21. The summed E-state index contributed by atoms with van der Waals surface area (Å²) in [7, 11) is 0. The van der Waals surface area contributed by atoms with Crippen LogP contribution in [0.2, 0.25) is 0 Å². The maximum Gasteiger partial charge on any atom is 0.236 e. The van der Waals surface area contributed by atoms with E-state index in [-0.39, 0.29) is 18.1 Å². The van der Waals surface area contributed by atoms with Crippen LogP contribution in [0.25, 0.3) is 0 Å². The van der Waals surface area contributed by atoms with Gasteiger partial charge in [-0.1, -0.05) is 0 Å². The Bertz CT molecular complexity index is 205. The van der Waals surface area contributed by atoms with Crippen molar-refractivity contribution in [1.82, 2.24) is 10.2 Å². The topological polar surface area (TPSA) is 52.6 Å². The molecule has 0 heterocycles. The third-order valence-electron chi connectivity index (χ3n) is 3.34. The van der Waals surface area contributed by atoms with E-state index in [0.29, 0.717) is 6.54 Å². The number of carbonyl (C=O) groups is 1. The number of likely N-dealkylation sites (N-methyl/N-ethyl adjacent to an activating group) is 1. The lowest BCUT2D eigenvalue weighted by Gasteiger charge is -2.41. The molecule has 2 N–H and O–H groups in total. The molecule has 0 bridgehead atoms. The largest absolute Gasteiger partial charge is 0.394 e. The van der Waals surface area contributed by atoms with Gasteiger partial charge >= 0.3 is 0 Å². The van der Waals surface area contributed by atoms with E-state index in [4.69, 9.17) is 0 Å². The molecule has 1 aliphatic carbocycles. The number of nitrogens with one attached hydrogen (secondary N) is 1. The fraction of sp³-hybridized carbons (Fsp3) is 0.909. The molecule has 1 rings (SSSR count). The average Bonchev–Trinajstić information content (AvgIpc) is 2.19. The molecular formula is C11H22N2O2. The van der Waals surface area contributed by atoms with Gasteiger partial charge in [0.25, 0.3) is 0 Å². The van der Waals surface area contributed by atoms with Gasteiger partial charge in [-0.15, -0.1) is 0 Å². The second-order valence-electron chi connectivity index (χ2n) is 4.21. The predicted octanol–water partition coefficient (Wildman–Crippen LogP) is 0.359. The Morgan fingerprint density at radius 2 is 2.00 bits per heavy atom. The zero-order chi connectivity index (χ0) is 11.3. The number of amides is 1. The van der Waals surface area contributed by atoms with Crippen LogP contribution >= 0.6 is 0 Å². The van der Waals surface area contributed by atoms with Crippen molar-refractivity contribution in [3.8, 4) is 0 Å². The van der Waals surface area contributed by atoms with Crippen LogP contribution in [-0.4, -0.2) is 47.7 Å². The summed E-state index contributed by atoms with van der Waals surface area (Å²) in [4.78, 5) is 13.5. The van der Waals surface area contributed by atoms with Crippen LogP contribution in [-0.2, 0) is 4.79 Å². The van der Waals surface area contributed by atoms with Gasteiger partial charge in [-0.2, -0.15) is 0 Å². The summed E-state index contributed by atoms with van der Waals surface area (Å²) in [6, 6.07) is 0. The number of aliphatic hydroxyl groups is 1. The van der Waals surface area contributed by atoms with Crippen molar-refractivity contribution in [2.45, 2.75) is 38.6 Å². The van der Waals surface area contributed by atoms with Crippen molar-refractivity contribution >= 4 is 5.91 Å². The van der Waals surface area contributed by atoms with Gasteiger partial charge in [0, 0.05) is 18.6 Å². The van der Waals surface area contributed by atoms with Gasteiger partial charge in [0.05, 0.1) is 13.2 Å². The Morgan fingerprint density at radius 1 is 1.40 bits per heavy atom. The highest BCUT2D eigenvalue weighted by molar-refractivity contribution is 5.78. The van der Waals surface area contributed by atoms with Gasteiger partial charge in [0.15, 0.2) is 0 Å². The first-order valence-electron chi connectivity index (χ1n) is 5.81.